The van der Waals surface area contributed by atoms with Crippen LogP contribution in [-0.4, -0.2) is 36.6 Å². The lowest BCUT2D eigenvalue weighted by atomic mass is 9.84. The van der Waals surface area contributed by atoms with E-state index in [0.717, 1.165) is 0 Å². The van der Waals surface area contributed by atoms with E-state index in [2.05, 4.69) is 0 Å². The third kappa shape index (κ3) is 7.57. The summed E-state index contributed by atoms with van der Waals surface area (Å²) in [6, 6.07) is -0.418. The van der Waals surface area contributed by atoms with Gasteiger partial charge in [-0.1, -0.05) is 20.8 Å². The summed E-state index contributed by atoms with van der Waals surface area (Å²) in [6.45, 7) is 5.33. The summed E-state index contributed by atoms with van der Waals surface area (Å²) in [5.74, 6) is 0. The molecule has 2 atom stereocenters. The van der Waals surface area contributed by atoms with Gasteiger partial charge < -0.3 is 15.6 Å². The van der Waals surface area contributed by atoms with Crippen molar-refractivity contribution in [3.05, 3.63) is 0 Å². The molecule has 0 amide bonds. The Balaban J connectivity index is 3.99. The number of alkyl halides is 3. The lowest BCUT2D eigenvalue weighted by molar-refractivity contribution is -0.140. The van der Waals surface area contributed by atoms with Gasteiger partial charge in [-0.15, -0.1) is 0 Å². The molecule has 0 rings (SSSR count). The van der Waals surface area contributed by atoms with Crippen molar-refractivity contribution in [2.24, 2.45) is 11.1 Å². The van der Waals surface area contributed by atoms with E-state index in [0.29, 0.717) is 0 Å². The Kier molecular flexibility index (Phi) is 6.43. The van der Waals surface area contributed by atoms with Gasteiger partial charge in [0.05, 0.1) is 12.7 Å². The van der Waals surface area contributed by atoms with Gasteiger partial charge >= 0.3 is 6.18 Å². The van der Waals surface area contributed by atoms with Gasteiger partial charge in [0.15, 0.2) is 0 Å². The average molecular weight is 257 g/mol. The molecular formula is C11H22F3NO2. The lowest BCUT2D eigenvalue weighted by Gasteiger charge is -2.33. The van der Waals surface area contributed by atoms with Gasteiger partial charge in [-0.2, -0.15) is 13.2 Å². The summed E-state index contributed by atoms with van der Waals surface area (Å²) in [5.41, 5.74) is 5.60. The molecule has 0 aromatic rings. The van der Waals surface area contributed by atoms with E-state index >= 15 is 0 Å². The van der Waals surface area contributed by atoms with Crippen LogP contribution < -0.4 is 5.73 Å². The fraction of sp³-hybridized carbons (Fsp3) is 1.00. The summed E-state index contributed by atoms with van der Waals surface area (Å²) >= 11 is 0. The molecule has 0 aliphatic carbocycles. The predicted molar refractivity (Wildman–Crippen MR) is 59.5 cm³/mol. The van der Waals surface area contributed by atoms with Crippen LogP contribution in [-0.2, 0) is 4.74 Å². The summed E-state index contributed by atoms with van der Waals surface area (Å²) < 4.78 is 40.8. The topological polar surface area (TPSA) is 55.5 Å². The smallest absolute Gasteiger partial charge is 0.389 e. The monoisotopic (exact) mass is 257 g/mol. The highest BCUT2D eigenvalue weighted by atomic mass is 19.4. The molecule has 3 N–H and O–H groups in total. The van der Waals surface area contributed by atoms with Crippen LogP contribution in [0.25, 0.3) is 0 Å². The fourth-order valence-electron chi connectivity index (χ4n) is 1.33. The number of hydrogen-bond acceptors (Lipinski definition) is 3. The Morgan fingerprint density at radius 1 is 1.24 bits per heavy atom. The zero-order valence-electron chi connectivity index (χ0n) is 10.5. The van der Waals surface area contributed by atoms with Gasteiger partial charge in [0.25, 0.3) is 0 Å². The molecule has 6 heteroatoms. The molecule has 0 saturated heterocycles. The molecular weight excluding hydrogens is 235 g/mol. The fourth-order valence-corrected chi connectivity index (χ4v) is 1.33. The van der Waals surface area contributed by atoms with E-state index < -0.39 is 24.7 Å². The number of aliphatic hydroxyl groups excluding tert-OH is 1. The van der Waals surface area contributed by atoms with Crippen LogP contribution in [0.4, 0.5) is 13.2 Å². The highest BCUT2D eigenvalue weighted by molar-refractivity contribution is 4.84. The molecule has 2 unspecified atom stereocenters. The lowest BCUT2D eigenvalue weighted by Crippen LogP contribution is -2.48. The average Bonchev–Trinajstić information content (AvgIpc) is 2.14. The first-order valence-electron chi connectivity index (χ1n) is 5.62. The summed E-state index contributed by atoms with van der Waals surface area (Å²) in [4.78, 5) is 0. The first-order valence-corrected chi connectivity index (χ1v) is 5.62. The predicted octanol–water partition coefficient (Wildman–Crippen LogP) is 2.08. The molecule has 0 saturated carbocycles. The minimum Gasteiger partial charge on any atom is -0.394 e. The van der Waals surface area contributed by atoms with Gasteiger partial charge in [0.2, 0.25) is 0 Å². The summed E-state index contributed by atoms with van der Waals surface area (Å²) in [6.07, 6.45) is -5.78. The third-order valence-corrected chi connectivity index (χ3v) is 2.52. The van der Waals surface area contributed by atoms with Crippen LogP contribution in [0.2, 0.25) is 0 Å². The van der Waals surface area contributed by atoms with E-state index in [1.807, 2.05) is 20.8 Å². The van der Waals surface area contributed by atoms with Crippen molar-refractivity contribution < 1.29 is 23.0 Å². The van der Waals surface area contributed by atoms with Crippen LogP contribution in [0.5, 0.6) is 0 Å². The van der Waals surface area contributed by atoms with Crippen molar-refractivity contribution in [1.82, 2.24) is 0 Å². The Bertz CT molecular complexity index is 214. The maximum Gasteiger partial charge on any atom is 0.389 e. The number of halogens is 3. The Labute approximate surface area is 100 Å². The van der Waals surface area contributed by atoms with E-state index in [4.69, 9.17) is 15.6 Å². The second-order valence-electron chi connectivity index (χ2n) is 5.20. The van der Waals surface area contributed by atoms with Crippen molar-refractivity contribution >= 4 is 0 Å². The summed E-state index contributed by atoms with van der Waals surface area (Å²) in [5, 5.41) is 9.09. The first kappa shape index (κ1) is 16.7. The minimum atomic E-state index is -4.16. The molecule has 0 aromatic heterocycles. The zero-order chi connectivity index (χ0) is 13.7. The maximum atomic E-state index is 11.9. The third-order valence-electron chi connectivity index (χ3n) is 2.52. The number of aliphatic hydroxyl groups is 1. The number of hydrogen-bond donors (Lipinski definition) is 2. The standard InChI is InChI=1S/C11H22F3NO2/c1-10(2,3)9(15)8(7-16)17-6-4-5-11(12,13)14/h8-9,16H,4-7,15H2,1-3H3. The highest BCUT2D eigenvalue weighted by Crippen LogP contribution is 2.23. The Morgan fingerprint density at radius 2 is 1.76 bits per heavy atom. The van der Waals surface area contributed by atoms with Crippen LogP contribution in [0.15, 0.2) is 0 Å². The largest absolute Gasteiger partial charge is 0.394 e. The molecule has 104 valence electrons. The van der Waals surface area contributed by atoms with Crippen molar-refractivity contribution in [2.75, 3.05) is 13.2 Å². The Morgan fingerprint density at radius 3 is 2.12 bits per heavy atom. The first-order chi connectivity index (χ1) is 7.58. The van der Waals surface area contributed by atoms with Crippen LogP contribution in [0.3, 0.4) is 0 Å². The molecule has 0 radical (unpaired) electrons. The number of nitrogens with two attached hydrogens (primary N) is 1. The molecule has 0 aromatic carbocycles. The van der Waals surface area contributed by atoms with Gasteiger partial charge in [-0.25, -0.2) is 0 Å². The van der Waals surface area contributed by atoms with Crippen molar-refractivity contribution in [3.63, 3.8) is 0 Å². The quantitative estimate of drug-likeness (QED) is 0.716. The van der Waals surface area contributed by atoms with E-state index in [-0.39, 0.29) is 25.0 Å². The minimum absolute atomic E-state index is 0.0471. The van der Waals surface area contributed by atoms with Crippen LogP contribution >= 0.6 is 0 Å². The van der Waals surface area contributed by atoms with Crippen molar-refractivity contribution in [2.45, 2.75) is 51.9 Å². The normalized spacial score (nSPS) is 16.9. The van der Waals surface area contributed by atoms with Crippen molar-refractivity contribution in [1.29, 1.82) is 0 Å². The molecule has 0 fully saturated rings. The van der Waals surface area contributed by atoms with E-state index in [1.54, 1.807) is 0 Å². The Hall–Kier alpha value is -0.330. The molecule has 3 nitrogen and oxygen atoms in total. The molecule has 0 heterocycles. The molecule has 0 bridgehead atoms. The second kappa shape index (κ2) is 6.56. The number of rotatable bonds is 6. The van der Waals surface area contributed by atoms with E-state index in [1.165, 1.54) is 0 Å². The van der Waals surface area contributed by atoms with E-state index in [9.17, 15) is 13.2 Å². The number of ether oxygens (including phenoxy) is 1. The second-order valence-corrected chi connectivity index (χ2v) is 5.20. The van der Waals surface area contributed by atoms with Gasteiger partial charge in [-0.05, 0) is 11.8 Å². The van der Waals surface area contributed by atoms with Crippen molar-refractivity contribution in [3.8, 4) is 0 Å². The van der Waals surface area contributed by atoms with Crippen LogP contribution in [0.1, 0.15) is 33.6 Å². The molecule has 0 aliphatic heterocycles. The summed E-state index contributed by atoms with van der Waals surface area (Å²) in [7, 11) is 0. The SMILES string of the molecule is CC(C)(C)C(N)C(CO)OCCCC(F)(F)F. The molecule has 0 spiro atoms. The van der Waals surface area contributed by atoms with Gasteiger partial charge in [0.1, 0.15) is 0 Å². The van der Waals surface area contributed by atoms with Crippen LogP contribution in [0, 0.1) is 5.41 Å². The maximum absolute atomic E-state index is 11.9. The highest BCUT2D eigenvalue weighted by Gasteiger charge is 2.30. The zero-order valence-corrected chi connectivity index (χ0v) is 10.5. The molecule has 0 aliphatic rings. The van der Waals surface area contributed by atoms with Gasteiger partial charge in [-0.3, -0.25) is 0 Å². The molecule has 17 heavy (non-hydrogen) atoms. The van der Waals surface area contributed by atoms with Gasteiger partial charge in [0, 0.05) is 19.1 Å².